The molecule has 6 rings (SSSR count). The summed E-state index contributed by atoms with van der Waals surface area (Å²) in [7, 11) is 0. The number of hydrogen-bond acceptors (Lipinski definition) is 5. The van der Waals surface area contributed by atoms with Crippen molar-refractivity contribution in [3.8, 4) is 11.8 Å². The highest BCUT2D eigenvalue weighted by Gasteiger charge is 2.71. The number of carboxylic acids is 2. The van der Waals surface area contributed by atoms with Crippen LogP contribution < -0.4 is 0 Å². The summed E-state index contributed by atoms with van der Waals surface area (Å²) in [5.74, 6) is 7.04. The summed E-state index contributed by atoms with van der Waals surface area (Å²) in [5.41, 5.74) is 0.828. The van der Waals surface area contributed by atoms with E-state index in [9.17, 15) is 24.6 Å². The lowest BCUT2D eigenvalue weighted by atomic mass is 9.32. The summed E-state index contributed by atoms with van der Waals surface area (Å²) in [5, 5.41) is 19.4. The Hall–Kier alpha value is -3.14. The van der Waals surface area contributed by atoms with E-state index in [-0.39, 0.29) is 45.2 Å². The maximum Gasteiger partial charge on any atom is 0.338 e. The molecule has 7 heteroatoms. The van der Waals surface area contributed by atoms with Crippen LogP contribution in [0.1, 0.15) is 142 Å². The number of aliphatic carboxylic acids is 1. The predicted octanol–water partition coefficient (Wildman–Crippen LogP) is 9.20. The zero-order valence-electron chi connectivity index (χ0n) is 31.7. The van der Waals surface area contributed by atoms with Crippen molar-refractivity contribution in [3.05, 3.63) is 41.7 Å². The van der Waals surface area contributed by atoms with E-state index < -0.39 is 23.3 Å². The van der Waals surface area contributed by atoms with Crippen molar-refractivity contribution in [2.45, 2.75) is 132 Å². The Bertz CT molecular complexity index is 1650. The third-order valence-corrected chi connectivity index (χ3v) is 15.9. The first kappa shape index (κ1) is 36.6. The normalized spacial score (nSPS) is 40.1. The Balaban J connectivity index is 1.29. The fraction of sp³-hybridized carbons (Fsp3) is 0.721. The molecular weight excluding hydrogens is 626 g/mol. The number of carbonyl (C=O) groups excluding carboxylic acids is 1. The number of hydrogen-bond donors (Lipinski definition) is 2. The van der Waals surface area contributed by atoms with Crippen LogP contribution in [0.3, 0.4) is 0 Å². The molecule has 1 aromatic heterocycles. The van der Waals surface area contributed by atoms with Crippen molar-refractivity contribution in [1.29, 1.82) is 0 Å². The lowest BCUT2D eigenvalue weighted by Gasteiger charge is -2.72. The lowest BCUT2D eigenvalue weighted by Crippen LogP contribution is -2.66. The molecule has 0 bridgehead atoms. The molecule has 5 saturated carbocycles. The van der Waals surface area contributed by atoms with Crippen LogP contribution in [0.25, 0.3) is 0 Å². The first-order valence-electron chi connectivity index (χ1n) is 19.0. The topological polar surface area (TPSA) is 114 Å². The Labute approximate surface area is 299 Å². The number of esters is 1. The van der Waals surface area contributed by atoms with Crippen molar-refractivity contribution < 1.29 is 29.3 Å². The molecule has 4 unspecified atom stereocenters. The summed E-state index contributed by atoms with van der Waals surface area (Å²) in [6.07, 6.45) is 13.3. The number of fused-ring (bicyclic) bond motifs is 7. The minimum Gasteiger partial charge on any atom is -0.481 e. The van der Waals surface area contributed by atoms with Gasteiger partial charge in [-0.25, -0.2) is 4.79 Å². The van der Waals surface area contributed by atoms with Gasteiger partial charge in [-0.1, -0.05) is 58.6 Å². The Morgan fingerprint density at radius 3 is 2.32 bits per heavy atom. The number of allylic oxidation sites excluding steroid dienone is 1. The SMILES string of the molecule is C=C(C)[C@@H]1CC[C@]2(C#Cc3ccncc3C(=O)O)CC[C@]3(C)C(CCC4[C@@]5(C)CC[C@H](OC(=O)CC(C)(C)C(=O)O)C(C)(C)C5CC[C@]43C)C12. The van der Waals surface area contributed by atoms with Crippen LogP contribution in [0.4, 0.5) is 0 Å². The van der Waals surface area contributed by atoms with Gasteiger partial charge < -0.3 is 14.9 Å². The Kier molecular flexibility index (Phi) is 8.96. The molecule has 0 spiro atoms. The largest absolute Gasteiger partial charge is 0.481 e. The molecule has 5 aliphatic rings. The third-order valence-electron chi connectivity index (χ3n) is 15.9. The summed E-state index contributed by atoms with van der Waals surface area (Å²) in [6, 6.07) is 1.74. The van der Waals surface area contributed by atoms with Gasteiger partial charge in [0, 0.05) is 28.8 Å². The van der Waals surface area contributed by atoms with E-state index in [0.717, 1.165) is 57.8 Å². The second kappa shape index (κ2) is 12.2. The zero-order chi connectivity index (χ0) is 36.7. The van der Waals surface area contributed by atoms with E-state index in [1.165, 1.54) is 18.2 Å². The van der Waals surface area contributed by atoms with E-state index in [2.05, 4.69) is 64.9 Å². The van der Waals surface area contributed by atoms with Gasteiger partial charge in [-0.2, -0.15) is 0 Å². The van der Waals surface area contributed by atoms with Gasteiger partial charge in [-0.15, -0.1) is 0 Å². The van der Waals surface area contributed by atoms with Crippen molar-refractivity contribution in [2.24, 2.45) is 62.1 Å². The van der Waals surface area contributed by atoms with Gasteiger partial charge in [0.1, 0.15) is 6.10 Å². The number of rotatable bonds is 6. The molecule has 1 aromatic rings. The number of aromatic carboxylic acids is 1. The molecule has 5 fully saturated rings. The maximum absolute atomic E-state index is 13.1. The van der Waals surface area contributed by atoms with Crippen LogP contribution in [0.2, 0.25) is 0 Å². The fourth-order valence-corrected chi connectivity index (χ4v) is 13.1. The molecule has 10 atom stereocenters. The smallest absolute Gasteiger partial charge is 0.338 e. The van der Waals surface area contributed by atoms with Crippen LogP contribution in [0.5, 0.6) is 0 Å². The molecule has 0 aliphatic heterocycles. The van der Waals surface area contributed by atoms with E-state index >= 15 is 0 Å². The molecule has 1 heterocycles. The van der Waals surface area contributed by atoms with Gasteiger partial charge >= 0.3 is 17.9 Å². The second-order valence-corrected chi connectivity index (χ2v) is 19.0. The lowest BCUT2D eigenvalue weighted by molar-refractivity contribution is -0.247. The summed E-state index contributed by atoms with van der Waals surface area (Å²) >= 11 is 0. The number of ether oxygens (including phenoxy) is 1. The van der Waals surface area contributed by atoms with E-state index in [1.807, 2.05) is 0 Å². The molecule has 50 heavy (non-hydrogen) atoms. The predicted molar refractivity (Wildman–Crippen MR) is 193 cm³/mol. The standard InChI is InChI=1S/C43H59NO6/c1-26(2)28-13-20-43(19-12-27-16-23-44-25-29(27)36(46)47)22-21-41(8)30(35(28)43)10-11-32-40(7)17-15-33(50-34(45)24-38(3,4)37(48)49)39(5,6)31(40)14-18-42(32,41)9/h16,23,25,28,30-33,35H,1,10-11,13-15,17-18,20-22,24H2,2-9H3,(H,46,47)(H,48,49)/t28-,30?,31?,32?,33-,35?,40-,41+,42+,43+/m0/s1. The summed E-state index contributed by atoms with van der Waals surface area (Å²) < 4.78 is 6.16. The molecule has 272 valence electrons. The average molecular weight is 686 g/mol. The number of nitrogens with zero attached hydrogens (tertiary/aromatic N) is 1. The second-order valence-electron chi connectivity index (χ2n) is 19.0. The highest BCUT2D eigenvalue weighted by molar-refractivity contribution is 5.90. The van der Waals surface area contributed by atoms with Crippen molar-refractivity contribution in [3.63, 3.8) is 0 Å². The monoisotopic (exact) mass is 685 g/mol. The highest BCUT2D eigenvalue weighted by atomic mass is 16.5. The van der Waals surface area contributed by atoms with E-state index in [4.69, 9.17) is 4.74 Å². The zero-order valence-corrected chi connectivity index (χ0v) is 31.7. The molecule has 7 nitrogen and oxygen atoms in total. The fourth-order valence-electron chi connectivity index (χ4n) is 13.1. The van der Waals surface area contributed by atoms with Crippen molar-refractivity contribution in [1.82, 2.24) is 4.98 Å². The van der Waals surface area contributed by atoms with Gasteiger partial charge in [0.2, 0.25) is 0 Å². The van der Waals surface area contributed by atoms with Crippen LogP contribution >= 0.6 is 0 Å². The quantitative estimate of drug-likeness (QED) is 0.174. The van der Waals surface area contributed by atoms with Gasteiger partial charge in [0.25, 0.3) is 0 Å². The van der Waals surface area contributed by atoms with E-state index in [1.54, 1.807) is 26.1 Å². The van der Waals surface area contributed by atoms with E-state index in [0.29, 0.717) is 35.2 Å². The van der Waals surface area contributed by atoms with Crippen LogP contribution in [0.15, 0.2) is 30.6 Å². The number of carbonyl (C=O) groups is 3. The van der Waals surface area contributed by atoms with Gasteiger partial charge in [-0.05, 0) is 137 Å². The molecule has 0 saturated heterocycles. The maximum atomic E-state index is 13.1. The summed E-state index contributed by atoms with van der Waals surface area (Å²) in [4.78, 5) is 40.8. The molecular formula is C43H59NO6. The molecule has 0 radical (unpaired) electrons. The number of carboxylic acid groups (broad SMARTS) is 2. The number of aromatic nitrogens is 1. The molecule has 0 aromatic carbocycles. The van der Waals surface area contributed by atoms with Crippen molar-refractivity contribution in [2.75, 3.05) is 0 Å². The van der Waals surface area contributed by atoms with Gasteiger partial charge in [0.15, 0.2) is 0 Å². The molecule has 0 amide bonds. The molecule has 5 aliphatic carbocycles. The summed E-state index contributed by atoms with van der Waals surface area (Å²) in [6.45, 7) is 22.2. The first-order chi connectivity index (χ1) is 23.2. The van der Waals surface area contributed by atoms with Crippen molar-refractivity contribution >= 4 is 17.9 Å². The minimum atomic E-state index is -1.16. The minimum absolute atomic E-state index is 0.111. The average Bonchev–Trinajstić information content (AvgIpc) is 3.42. The third kappa shape index (κ3) is 5.45. The highest BCUT2D eigenvalue weighted by Crippen LogP contribution is 2.77. The van der Waals surface area contributed by atoms with Crippen LogP contribution in [0, 0.1) is 73.9 Å². The van der Waals surface area contributed by atoms with Crippen LogP contribution in [-0.4, -0.2) is 39.2 Å². The first-order valence-corrected chi connectivity index (χ1v) is 19.0. The van der Waals surface area contributed by atoms with Gasteiger partial charge in [-0.3, -0.25) is 14.6 Å². The van der Waals surface area contributed by atoms with Crippen LogP contribution in [-0.2, 0) is 14.3 Å². The Morgan fingerprint density at radius 1 is 0.940 bits per heavy atom. The molecule has 2 N–H and O–H groups in total. The Morgan fingerprint density at radius 2 is 1.66 bits per heavy atom. The van der Waals surface area contributed by atoms with Gasteiger partial charge in [0.05, 0.1) is 17.4 Å². The number of pyridine rings is 1.